The van der Waals surface area contributed by atoms with Crippen LogP contribution in [0.4, 0.5) is 4.39 Å². The molecule has 0 aliphatic heterocycles. The standard InChI is InChI=1S/C28H29Cl2FN2O2Si/c1-18-21(22-23(27(34)32-18)25(29)33-26(30)24(22)31)16-11-17-35-36(28(2,3)4,19-12-7-5-8-13-19)20-14-9-6-10-15-20/h5-10,12-15H,11,16-17H2,1-4H3,(H,32,34). The Kier molecular flexibility index (Phi) is 7.71. The van der Waals surface area contributed by atoms with E-state index in [9.17, 15) is 4.79 Å². The first-order chi connectivity index (χ1) is 17.1. The average Bonchev–Trinajstić information content (AvgIpc) is 2.83. The van der Waals surface area contributed by atoms with Crippen LogP contribution >= 0.6 is 23.2 Å². The first-order valence-corrected chi connectivity index (χ1v) is 14.6. The van der Waals surface area contributed by atoms with Crippen LogP contribution in [0.5, 0.6) is 0 Å². The second-order valence-corrected chi connectivity index (χ2v) is 15.0. The predicted molar refractivity (Wildman–Crippen MR) is 149 cm³/mol. The van der Waals surface area contributed by atoms with Crippen molar-refractivity contribution in [3.05, 3.63) is 98.4 Å². The molecule has 2 aromatic carbocycles. The van der Waals surface area contributed by atoms with Crippen molar-refractivity contribution in [2.45, 2.75) is 45.6 Å². The van der Waals surface area contributed by atoms with Crippen molar-refractivity contribution in [2.24, 2.45) is 0 Å². The van der Waals surface area contributed by atoms with Crippen molar-refractivity contribution >= 4 is 52.7 Å². The Bertz CT molecular complexity index is 1400. The summed E-state index contributed by atoms with van der Waals surface area (Å²) < 4.78 is 22.0. The zero-order valence-corrected chi connectivity index (χ0v) is 23.3. The summed E-state index contributed by atoms with van der Waals surface area (Å²) in [5.74, 6) is -0.729. The molecular formula is C28H29Cl2FN2O2Si. The number of halogens is 3. The average molecular weight is 544 g/mol. The summed E-state index contributed by atoms with van der Waals surface area (Å²) in [5.41, 5.74) is 0.748. The van der Waals surface area contributed by atoms with Crippen molar-refractivity contribution in [3.63, 3.8) is 0 Å². The number of H-pyrrole nitrogens is 1. The molecule has 0 spiro atoms. The van der Waals surface area contributed by atoms with Gasteiger partial charge in [0.25, 0.3) is 13.9 Å². The highest BCUT2D eigenvalue weighted by atomic mass is 35.5. The molecule has 4 rings (SSSR count). The quantitative estimate of drug-likeness (QED) is 0.172. The Balaban J connectivity index is 1.70. The molecule has 0 aliphatic rings. The summed E-state index contributed by atoms with van der Waals surface area (Å²) in [5, 5.41) is 1.95. The van der Waals surface area contributed by atoms with Gasteiger partial charge in [-0.3, -0.25) is 4.79 Å². The molecule has 0 bridgehead atoms. The van der Waals surface area contributed by atoms with Crippen molar-refractivity contribution in [2.75, 3.05) is 6.61 Å². The molecule has 0 atom stereocenters. The minimum Gasteiger partial charge on any atom is -0.407 e. The topological polar surface area (TPSA) is 55.0 Å². The van der Waals surface area contributed by atoms with Crippen LogP contribution in [0.1, 0.15) is 38.4 Å². The van der Waals surface area contributed by atoms with Crippen LogP contribution in [0.25, 0.3) is 10.8 Å². The number of benzene rings is 2. The van der Waals surface area contributed by atoms with Crippen molar-refractivity contribution in [3.8, 4) is 0 Å². The van der Waals surface area contributed by atoms with Gasteiger partial charge in [0, 0.05) is 17.7 Å². The molecule has 8 heteroatoms. The van der Waals surface area contributed by atoms with Gasteiger partial charge >= 0.3 is 0 Å². The Morgan fingerprint density at radius 1 is 0.944 bits per heavy atom. The fourth-order valence-corrected chi connectivity index (χ4v) is 10.1. The van der Waals surface area contributed by atoms with Crippen LogP contribution in [-0.4, -0.2) is 24.9 Å². The Hall–Kier alpha value is -2.51. The first-order valence-electron chi connectivity index (χ1n) is 11.9. The van der Waals surface area contributed by atoms with Crippen LogP contribution in [0.3, 0.4) is 0 Å². The predicted octanol–water partition coefficient (Wildman–Crippen LogP) is 6.19. The Morgan fingerprint density at radius 3 is 2.03 bits per heavy atom. The molecule has 0 unspecified atom stereocenters. The van der Waals surface area contributed by atoms with Crippen molar-refractivity contribution in [1.29, 1.82) is 0 Å². The molecule has 0 radical (unpaired) electrons. The molecule has 0 saturated heterocycles. The molecule has 4 nitrogen and oxygen atoms in total. The minimum absolute atomic E-state index is 0.0204. The maximum atomic E-state index is 15.1. The van der Waals surface area contributed by atoms with Gasteiger partial charge in [-0.15, -0.1) is 0 Å². The lowest BCUT2D eigenvalue weighted by Gasteiger charge is -2.43. The van der Waals surface area contributed by atoms with Gasteiger partial charge in [0.05, 0.1) is 5.39 Å². The van der Waals surface area contributed by atoms with E-state index in [1.54, 1.807) is 6.92 Å². The molecule has 0 amide bonds. The van der Waals surface area contributed by atoms with Gasteiger partial charge in [0.2, 0.25) is 0 Å². The third kappa shape index (κ3) is 4.75. The van der Waals surface area contributed by atoms with E-state index in [-0.39, 0.29) is 26.1 Å². The van der Waals surface area contributed by atoms with E-state index in [0.717, 1.165) is 0 Å². The Labute approximate surface area is 221 Å². The largest absolute Gasteiger partial charge is 0.407 e. The van der Waals surface area contributed by atoms with Crippen molar-refractivity contribution in [1.82, 2.24) is 9.97 Å². The summed E-state index contributed by atoms with van der Waals surface area (Å²) in [6, 6.07) is 20.8. The van der Waals surface area contributed by atoms with Gasteiger partial charge in [-0.25, -0.2) is 9.37 Å². The number of hydrogen-bond acceptors (Lipinski definition) is 3. The molecule has 0 aliphatic carbocycles. The van der Waals surface area contributed by atoms with E-state index in [4.69, 9.17) is 27.6 Å². The number of nitrogens with one attached hydrogen (secondary N) is 1. The van der Waals surface area contributed by atoms with Crippen LogP contribution in [0, 0.1) is 12.7 Å². The highest BCUT2D eigenvalue weighted by Gasteiger charge is 2.49. The van der Waals surface area contributed by atoms with Crippen LogP contribution < -0.4 is 15.9 Å². The molecular weight excluding hydrogens is 514 g/mol. The fraction of sp³-hybridized carbons (Fsp3) is 0.286. The second kappa shape index (κ2) is 10.5. The Morgan fingerprint density at radius 2 is 1.50 bits per heavy atom. The number of pyridine rings is 2. The van der Waals surface area contributed by atoms with E-state index >= 15 is 4.39 Å². The van der Waals surface area contributed by atoms with Gasteiger partial charge in [-0.2, -0.15) is 0 Å². The number of aromatic amines is 1. The van der Waals surface area contributed by atoms with Gasteiger partial charge in [-0.05, 0) is 40.7 Å². The van der Waals surface area contributed by atoms with Gasteiger partial charge < -0.3 is 9.41 Å². The maximum Gasteiger partial charge on any atom is 0.261 e. The highest BCUT2D eigenvalue weighted by molar-refractivity contribution is 6.99. The number of rotatable bonds is 7. The van der Waals surface area contributed by atoms with Crippen LogP contribution in [0.15, 0.2) is 65.5 Å². The molecule has 2 heterocycles. The summed E-state index contributed by atoms with van der Waals surface area (Å²) in [6.45, 7) is 8.89. The number of hydrogen-bond donors (Lipinski definition) is 1. The van der Waals surface area contributed by atoms with E-state index in [1.165, 1.54) is 10.4 Å². The molecule has 36 heavy (non-hydrogen) atoms. The molecule has 2 aromatic heterocycles. The fourth-order valence-electron chi connectivity index (χ4n) is 5.04. The SMILES string of the molecule is Cc1[nH]c(=O)c2c(Cl)nc(Cl)c(F)c2c1CCCO[Si](c1ccccc1)(c1ccccc1)C(C)(C)C. The number of fused-ring (bicyclic) bond motifs is 1. The second-order valence-electron chi connectivity index (χ2n) is 9.93. The van der Waals surface area contributed by atoms with Gasteiger partial charge in [0.15, 0.2) is 11.0 Å². The van der Waals surface area contributed by atoms with E-state index in [1.807, 2.05) is 12.1 Å². The van der Waals surface area contributed by atoms with E-state index in [0.29, 0.717) is 30.7 Å². The van der Waals surface area contributed by atoms with E-state index in [2.05, 4.69) is 79.3 Å². The molecule has 4 aromatic rings. The number of nitrogens with zero attached hydrogens (tertiary/aromatic N) is 1. The number of aromatic nitrogens is 2. The summed E-state index contributed by atoms with van der Waals surface area (Å²) in [6.07, 6.45) is 1.09. The van der Waals surface area contributed by atoms with Crippen LogP contribution in [0.2, 0.25) is 15.3 Å². The summed E-state index contributed by atoms with van der Waals surface area (Å²) in [4.78, 5) is 19.1. The molecule has 188 valence electrons. The third-order valence-corrected chi connectivity index (χ3v) is 12.2. The first kappa shape index (κ1) is 26.5. The summed E-state index contributed by atoms with van der Waals surface area (Å²) >= 11 is 12.1. The summed E-state index contributed by atoms with van der Waals surface area (Å²) in [7, 11) is -2.68. The minimum atomic E-state index is -2.68. The highest BCUT2D eigenvalue weighted by Crippen LogP contribution is 2.37. The zero-order chi connectivity index (χ0) is 26.1. The van der Waals surface area contributed by atoms with Gasteiger partial charge in [0.1, 0.15) is 5.15 Å². The molecule has 0 saturated carbocycles. The third-order valence-electron chi connectivity index (χ3n) is 6.64. The smallest absolute Gasteiger partial charge is 0.261 e. The van der Waals surface area contributed by atoms with E-state index < -0.39 is 19.7 Å². The maximum absolute atomic E-state index is 15.1. The van der Waals surface area contributed by atoms with Crippen molar-refractivity contribution < 1.29 is 8.82 Å². The van der Waals surface area contributed by atoms with Crippen LogP contribution in [-0.2, 0) is 10.8 Å². The lowest BCUT2D eigenvalue weighted by atomic mass is 10.0. The normalized spacial score (nSPS) is 12.3. The lowest BCUT2D eigenvalue weighted by Crippen LogP contribution is -2.66. The zero-order valence-electron chi connectivity index (χ0n) is 20.8. The molecule has 1 N–H and O–H groups in total. The molecule has 0 fully saturated rings. The number of aryl methyl sites for hydroxylation is 2. The van der Waals surface area contributed by atoms with Gasteiger partial charge in [-0.1, -0.05) is 105 Å². The monoisotopic (exact) mass is 542 g/mol. The lowest BCUT2D eigenvalue weighted by molar-refractivity contribution is 0.292.